The number of H-pyrrole nitrogens is 1. The van der Waals surface area contributed by atoms with E-state index >= 15 is 0 Å². The van der Waals surface area contributed by atoms with E-state index in [0.717, 1.165) is 10.9 Å². The third-order valence-corrected chi connectivity index (χ3v) is 2.35. The van der Waals surface area contributed by atoms with Crippen LogP contribution in [0.3, 0.4) is 0 Å². The summed E-state index contributed by atoms with van der Waals surface area (Å²) in [7, 11) is 0. The Balaban J connectivity index is 2.11. The number of fused-ring (bicyclic) bond motifs is 1. The normalized spacial score (nSPS) is 10.6. The largest absolute Gasteiger partial charge is 0.480 e. The maximum atomic E-state index is 11.8. The fourth-order valence-electron chi connectivity index (χ4n) is 1.61. The van der Waals surface area contributed by atoms with Gasteiger partial charge in [0.15, 0.2) is 5.78 Å². The average Bonchev–Trinajstić information content (AvgIpc) is 2.72. The highest BCUT2D eigenvalue weighted by molar-refractivity contribution is 6.08. The Kier molecular flexibility index (Phi) is 3.20. The number of para-hydroxylation sites is 1. The molecule has 1 aromatic carbocycles. The molecular weight excluding hydrogens is 222 g/mol. The molecule has 0 saturated heterocycles. The number of ketones is 1. The first-order valence-corrected chi connectivity index (χ1v) is 5.07. The van der Waals surface area contributed by atoms with Crippen molar-refractivity contribution < 1.29 is 19.4 Å². The number of rotatable bonds is 5. The van der Waals surface area contributed by atoms with Crippen molar-refractivity contribution in [2.75, 3.05) is 13.2 Å². The molecule has 2 rings (SSSR count). The minimum atomic E-state index is -1.09. The predicted molar refractivity (Wildman–Crippen MR) is 61.1 cm³/mol. The first kappa shape index (κ1) is 11.3. The zero-order chi connectivity index (χ0) is 12.3. The highest BCUT2D eigenvalue weighted by atomic mass is 16.5. The van der Waals surface area contributed by atoms with E-state index in [2.05, 4.69) is 4.98 Å². The van der Waals surface area contributed by atoms with Crippen LogP contribution < -0.4 is 0 Å². The number of hydrogen-bond donors (Lipinski definition) is 2. The van der Waals surface area contributed by atoms with Crippen LogP contribution in [0.15, 0.2) is 30.5 Å². The van der Waals surface area contributed by atoms with E-state index < -0.39 is 12.6 Å². The van der Waals surface area contributed by atoms with Crippen LogP contribution in [0.2, 0.25) is 0 Å². The topological polar surface area (TPSA) is 79.4 Å². The van der Waals surface area contributed by atoms with Crippen molar-refractivity contribution in [3.8, 4) is 0 Å². The molecule has 0 fully saturated rings. The summed E-state index contributed by atoms with van der Waals surface area (Å²) in [5.41, 5.74) is 1.39. The molecule has 1 heterocycles. The van der Waals surface area contributed by atoms with Gasteiger partial charge in [-0.05, 0) is 6.07 Å². The third-order valence-electron chi connectivity index (χ3n) is 2.35. The maximum Gasteiger partial charge on any atom is 0.329 e. The standard InChI is InChI=1S/C12H11NO4/c14-11(6-17-7-12(15)16)9-5-13-10-4-2-1-3-8(9)10/h1-5,13H,6-7H2,(H,15,16). The van der Waals surface area contributed by atoms with Gasteiger partial charge in [0.05, 0.1) is 0 Å². The molecule has 0 atom stereocenters. The molecule has 0 aliphatic heterocycles. The molecule has 0 aliphatic carbocycles. The van der Waals surface area contributed by atoms with E-state index in [9.17, 15) is 9.59 Å². The highest BCUT2D eigenvalue weighted by Gasteiger charge is 2.12. The fraction of sp³-hybridized carbons (Fsp3) is 0.167. The zero-order valence-corrected chi connectivity index (χ0v) is 8.97. The molecule has 0 spiro atoms. The van der Waals surface area contributed by atoms with Crippen LogP contribution in [-0.2, 0) is 9.53 Å². The van der Waals surface area contributed by atoms with E-state index in [1.54, 1.807) is 6.20 Å². The van der Waals surface area contributed by atoms with Crippen LogP contribution in [0.25, 0.3) is 10.9 Å². The number of carboxylic acid groups (broad SMARTS) is 1. The van der Waals surface area contributed by atoms with E-state index in [1.165, 1.54) is 0 Å². The van der Waals surface area contributed by atoms with Crippen molar-refractivity contribution in [2.45, 2.75) is 0 Å². The van der Waals surface area contributed by atoms with E-state index in [1.807, 2.05) is 24.3 Å². The smallest absolute Gasteiger partial charge is 0.329 e. The average molecular weight is 233 g/mol. The monoisotopic (exact) mass is 233 g/mol. The molecule has 0 bridgehead atoms. The molecule has 5 heteroatoms. The zero-order valence-electron chi connectivity index (χ0n) is 8.97. The minimum absolute atomic E-state index is 0.228. The molecule has 17 heavy (non-hydrogen) atoms. The molecule has 0 unspecified atom stereocenters. The van der Waals surface area contributed by atoms with E-state index in [0.29, 0.717) is 5.56 Å². The second-order valence-corrected chi connectivity index (χ2v) is 3.56. The van der Waals surface area contributed by atoms with Gasteiger partial charge < -0.3 is 14.8 Å². The Morgan fingerprint density at radius 3 is 2.76 bits per heavy atom. The van der Waals surface area contributed by atoms with Gasteiger partial charge in [-0.1, -0.05) is 18.2 Å². The molecule has 0 aliphatic rings. The number of carboxylic acids is 1. The summed E-state index contributed by atoms with van der Waals surface area (Å²) in [6, 6.07) is 7.40. The number of carbonyl (C=O) groups excluding carboxylic acids is 1. The maximum absolute atomic E-state index is 11.8. The molecule has 5 nitrogen and oxygen atoms in total. The summed E-state index contributed by atoms with van der Waals surface area (Å²) >= 11 is 0. The second kappa shape index (κ2) is 4.80. The summed E-state index contributed by atoms with van der Waals surface area (Å²) in [6.45, 7) is -0.692. The van der Waals surface area contributed by atoms with Crippen LogP contribution in [-0.4, -0.2) is 35.1 Å². The summed E-state index contributed by atoms with van der Waals surface area (Å²) < 4.78 is 4.77. The lowest BCUT2D eigenvalue weighted by Gasteiger charge is -1.99. The van der Waals surface area contributed by atoms with Gasteiger partial charge in [-0.25, -0.2) is 4.79 Å². The number of hydrogen-bond acceptors (Lipinski definition) is 3. The van der Waals surface area contributed by atoms with Gasteiger partial charge >= 0.3 is 5.97 Å². The van der Waals surface area contributed by atoms with Crippen molar-refractivity contribution in [3.63, 3.8) is 0 Å². The predicted octanol–water partition coefficient (Wildman–Crippen LogP) is 1.45. The lowest BCUT2D eigenvalue weighted by atomic mass is 10.1. The van der Waals surface area contributed by atoms with Crippen LogP contribution in [0.1, 0.15) is 10.4 Å². The van der Waals surface area contributed by atoms with Gasteiger partial charge in [0.25, 0.3) is 0 Å². The number of Topliss-reactive ketones (excluding diaryl/α,β-unsaturated/α-hetero) is 1. The number of benzene rings is 1. The van der Waals surface area contributed by atoms with Crippen LogP contribution >= 0.6 is 0 Å². The molecule has 0 radical (unpaired) electrons. The number of aromatic amines is 1. The molecule has 0 saturated carbocycles. The van der Waals surface area contributed by atoms with Crippen LogP contribution in [0.5, 0.6) is 0 Å². The fourth-order valence-corrected chi connectivity index (χ4v) is 1.61. The van der Waals surface area contributed by atoms with Crippen molar-refractivity contribution >= 4 is 22.7 Å². The first-order chi connectivity index (χ1) is 8.18. The number of aromatic nitrogens is 1. The number of ether oxygens (including phenoxy) is 1. The Hall–Kier alpha value is -2.14. The van der Waals surface area contributed by atoms with E-state index in [-0.39, 0.29) is 12.4 Å². The SMILES string of the molecule is O=C(O)COCC(=O)c1c[nH]c2ccccc12. The summed E-state index contributed by atoms with van der Waals surface area (Å²) in [5, 5.41) is 9.20. The Morgan fingerprint density at radius 2 is 2.00 bits per heavy atom. The quantitative estimate of drug-likeness (QED) is 0.766. The molecule has 2 aromatic rings. The summed E-state index contributed by atoms with van der Waals surface area (Å²) in [6.07, 6.45) is 1.61. The molecule has 0 amide bonds. The third kappa shape index (κ3) is 2.51. The van der Waals surface area contributed by atoms with Gasteiger partial charge in [-0.15, -0.1) is 0 Å². The van der Waals surface area contributed by atoms with Crippen molar-refractivity contribution in [1.82, 2.24) is 4.98 Å². The summed E-state index contributed by atoms with van der Waals surface area (Å²) in [5.74, 6) is -1.32. The van der Waals surface area contributed by atoms with Crippen LogP contribution in [0.4, 0.5) is 0 Å². The van der Waals surface area contributed by atoms with Gasteiger partial charge in [-0.2, -0.15) is 0 Å². The minimum Gasteiger partial charge on any atom is -0.480 e. The van der Waals surface area contributed by atoms with Crippen molar-refractivity contribution in [2.24, 2.45) is 0 Å². The lowest BCUT2D eigenvalue weighted by Crippen LogP contribution is -2.14. The number of aliphatic carboxylic acids is 1. The Morgan fingerprint density at radius 1 is 1.24 bits per heavy atom. The molecule has 2 N–H and O–H groups in total. The van der Waals surface area contributed by atoms with Gasteiger partial charge in [-0.3, -0.25) is 4.79 Å². The Bertz CT molecular complexity index is 558. The highest BCUT2D eigenvalue weighted by Crippen LogP contribution is 2.17. The Labute approximate surface area is 97.0 Å². The van der Waals surface area contributed by atoms with Gasteiger partial charge in [0.2, 0.25) is 0 Å². The summed E-state index contributed by atoms with van der Waals surface area (Å²) in [4.78, 5) is 25.0. The van der Waals surface area contributed by atoms with Gasteiger partial charge in [0.1, 0.15) is 13.2 Å². The van der Waals surface area contributed by atoms with Crippen LogP contribution in [0, 0.1) is 0 Å². The molecule has 1 aromatic heterocycles. The van der Waals surface area contributed by atoms with Crippen molar-refractivity contribution in [3.05, 3.63) is 36.0 Å². The number of carbonyl (C=O) groups is 2. The van der Waals surface area contributed by atoms with E-state index in [4.69, 9.17) is 9.84 Å². The molecular formula is C12H11NO4. The van der Waals surface area contributed by atoms with Crippen molar-refractivity contribution in [1.29, 1.82) is 0 Å². The first-order valence-electron chi connectivity index (χ1n) is 5.07. The number of nitrogens with one attached hydrogen (secondary N) is 1. The lowest BCUT2D eigenvalue weighted by molar-refractivity contribution is -0.141. The molecule has 88 valence electrons. The van der Waals surface area contributed by atoms with Gasteiger partial charge in [0, 0.05) is 22.7 Å². The second-order valence-electron chi connectivity index (χ2n) is 3.56.